The van der Waals surface area contributed by atoms with Crippen LogP contribution in [-0.2, 0) is 9.53 Å². The molecule has 2 aromatic carbocycles. The summed E-state index contributed by atoms with van der Waals surface area (Å²) in [4.78, 5) is 25.3. The minimum absolute atomic E-state index is 0.0854. The minimum atomic E-state index is -1.10. The molecule has 1 aliphatic carbocycles. The van der Waals surface area contributed by atoms with E-state index in [1.54, 1.807) is 0 Å². The van der Waals surface area contributed by atoms with Gasteiger partial charge in [-0.1, -0.05) is 48.5 Å². The van der Waals surface area contributed by atoms with Crippen molar-refractivity contribution < 1.29 is 19.4 Å². The molecule has 0 saturated carbocycles. The summed E-state index contributed by atoms with van der Waals surface area (Å²) in [6.07, 6.45) is -0.0165. The lowest BCUT2D eigenvalue weighted by Gasteiger charge is -2.25. The third kappa shape index (κ3) is 4.53. The number of nitrogens with two attached hydrogens (primary N) is 1. The maximum atomic E-state index is 12.6. The number of aliphatic carboxylic acids is 1. The van der Waals surface area contributed by atoms with Crippen molar-refractivity contribution in [2.75, 3.05) is 20.2 Å². The van der Waals surface area contributed by atoms with Crippen LogP contribution >= 0.6 is 0 Å². The second kappa shape index (κ2) is 9.30. The zero-order valence-electron chi connectivity index (χ0n) is 16.8. The fraction of sp³-hybridized carbons (Fsp3) is 0.318. The normalized spacial score (nSPS) is 13.1. The molecule has 1 aliphatic rings. The van der Waals surface area contributed by atoms with E-state index in [-0.39, 0.29) is 24.9 Å². The summed E-state index contributed by atoms with van der Waals surface area (Å²) in [7, 11) is 1.43. The van der Waals surface area contributed by atoms with Crippen molar-refractivity contribution in [3.63, 3.8) is 0 Å². The molecule has 0 aliphatic heterocycles. The van der Waals surface area contributed by atoms with E-state index < -0.39 is 18.1 Å². The number of fused-ring (bicyclic) bond motifs is 3. The van der Waals surface area contributed by atoms with Crippen molar-refractivity contribution in [1.29, 1.82) is 5.41 Å². The highest BCUT2D eigenvalue weighted by molar-refractivity contribution is 5.81. The van der Waals surface area contributed by atoms with Crippen LogP contribution in [0.1, 0.15) is 29.9 Å². The Kier molecular flexibility index (Phi) is 6.56. The quantitative estimate of drug-likeness (QED) is 0.301. The number of carboxylic acids is 1. The van der Waals surface area contributed by atoms with E-state index in [0.29, 0.717) is 13.0 Å². The third-order valence-electron chi connectivity index (χ3n) is 5.35. The van der Waals surface area contributed by atoms with E-state index in [1.807, 2.05) is 36.4 Å². The molecule has 0 bridgehead atoms. The van der Waals surface area contributed by atoms with Gasteiger partial charge >= 0.3 is 12.1 Å². The van der Waals surface area contributed by atoms with Gasteiger partial charge in [-0.25, -0.2) is 9.59 Å². The largest absolute Gasteiger partial charge is 0.480 e. The number of carbonyl (C=O) groups excluding carboxylic acids is 1. The number of guanidine groups is 1. The fourth-order valence-corrected chi connectivity index (χ4v) is 3.82. The zero-order valence-corrected chi connectivity index (χ0v) is 16.8. The summed E-state index contributed by atoms with van der Waals surface area (Å²) in [5.74, 6) is -1.36. The summed E-state index contributed by atoms with van der Waals surface area (Å²) >= 11 is 0. The number of amides is 1. The number of nitrogens with one attached hydrogen (secondary N) is 2. The molecule has 0 fully saturated rings. The van der Waals surface area contributed by atoms with Gasteiger partial charge in [0, 0.05) is 19.5 Å². The fourth-order valence-electron chi connectivity index (χ4n) is 3.82. The molecule has 2 aromatic rings. The Morgan fingerprint density at radius 1 is 1.17 bits per heavy atom. The van der Waals surface area contributed by atoms with Gasteiger partial charge in [-0.05, 0) is 35.1 Å². The zero-order chi connectivity index (χ0) is 21.7. The maximum absolute atomic E-state index is 12.6. The predicted molar refractivity (Wildman–Crippen MR) is 113 cm³/mol. The number of hydrogen-bond donors (Lipinski definition) is 4. The number of carboxylic acid groups (broad SMARTS) is 1. The Morgan fingerprint density at radius 3 is 2.27 bits per heavy atom. The molecular formula is C22H26N4O4. The van der Waals surface area contributed by atoms with Crippen molar-refractivity contribution in [2.45, 2.75) is 24.8 Å². The number of nitrogens with zero attached hydrogens (tertiary/aromatic N) is 1. The second-order valence-corrected chi connectivity index (χ2v) is 7.25. The second-order valence-electron chi connectivity index (χ2n) is 7.25. The molecule has 1 amide bonds. The number of hydrogen-bond acceptors (Lipinski definition) is 4. The molecule has 158 valence electrons. The van der Waals surface area contributed by atoms with Gasteiger partial charge in [0.05, 0.1) is 0 Å². The van der Waals surface area contributed by atoms with Crippen LogP contribution in [0.5, 0.6) is 0 Å². The van der Waals surface area contributed by atoms with E-state index in [2.05, 4.69) is 17.4 Å². The lowest BCUT2D eigenvalue weighted by Crippen LogP contribution is -2.43. The van der Waals surface area contributed by atoms with Crippen LogP contribution in [0, 0.1) is 5.41 Å². The van der Waals surface area contributed by atoms with Crippen molar-refractivity contribution in [3.8, 4) is 11.1 Å². The van der Waals surface area contributed by atoms with Crippen LogP contribution in [0.15, 0.2) is 48.5 Å². The van der Waals surface area contributed by atoms with E-state index in [9.17, 15) is 14.7 Å². The average Bonchev–Trinajstić information content (AvgIpc) is 3.05. The SMILES string of the molecule is CN(C(=O)OCC1c2ccccc2-c2ccccc21)C(CCCNC(=N)N)C(=O)O. The van der Waals surface area contributed by atoms with Crippen molar-refractivity contribution in [2.24, 2.45) is 5.73 Å². The average molecular weight is 410 g/mol. The number of ether oxygens (including phenoxy) is 1. The van der Waals surface area contributed by atoms with Crippen LogP contribution in [0.2, 0.25) is 0 Å². The molecule has 8 nitrogen and oxygen atoms in total. The van der Waals surface area contributed by atoms with Crippen LogP contribution in [0.25, 0.3) is 11.1 Å². The Balaban J connectivity index is 1.64. The molecule has 3 rings (SSSR count). The molecule has 30 heavy (non-hydrogen) atoms. The number of rotatable bonds is 8. The number of carbonyl (C=O) groups is 2. The van der Waals surface area contributed by atoms with Gasteiger partial charge in [-0.3, -0.25) is 10.3 Å². The smallest absolute Gasteiger partial charge is 0.410 e. The molecule has 0 heterocycles. The summed E-state index contributed by atoms with van der Waals surface area (Å²) in [5.41, 5.74) is 9.67. The van der Waals surface area contributed by atoms with Gasteiger partial charge in [0.25, 0.3) is 0 Å². The molecule has 8 heteroatoms. The first kappa shape index (κ1) is 21.2. The lowest BCUT2D eigenvalue weighted by atomic mass is 9.98. The molecule has 0 saturated heterocycles. The van der Waals surface area contributed by atoms with E-state index in [0.717, 1.165) is 27.2 Å². The first-order valence-corrected chi connectivity index (χ1v) is 9.78. The molecule has 0 radical (unpaired) electrons. The van der Waals surface area contributed by atoms with Crippen molar-refractivity contribution in [3.05, 3.63) is 59.7 Å². The summed E-state index contributed by atoms with van der Waals surface area (Å²) < 4.78 is 5.53. The summed E-state index contributed by atoms with van der Waals surface area (Å²) in [5, 5.41) is 19.3. The maximum Gasteiger partial charge on any atom is 0.410 e. The first-order valence-electron chi connectivity index (χ1n) is 9.78. The molecule has 1 atom stereocenters. The van der Waals surface area contributed by atoms with Gasteiger partial charge in [-0.15, -0.1) is 0 Å². The highest BCUT2D eigenvalue weighted by Crippen LogP contribution is 2.44. The molecule has 5 N–H and O–H groups in total. The van der Waals surface area contributed by atoms with Gasteiger partial charge in [0.15, 0.2) is 5.96 Å². The third-order valence-corrected chi connectivity index (χ3v) is 5.35. The van der Waals surface area contributed by atoms with E-state index in [1.165, 1.54) is 7.05 Å². The van der Waals surface area contributed by atoms with Gasteiger partial charge < -0.3 is 20.9 Å². The highest BCUT2D eigenvalue weighted by Gasteiger charge is 2.31. The van der Waals surface area contributed by atoms with Gasteiger partial charge in [0.2, 0.25) is 0 Å². The molecule has 0 spiro atoms. The van der Waals surface area contributed by atoms with Gasteiger partial charge in [-0.2, -0.15) is 0 Å². The van der Waals surface area contributed by atoms with Crippen LogP contribution in [0.3, 0.4) is 0 Å². The van der Waals surface area contributed by atoms with Crippen molar-refractivity contribution >= 4 is 18.0 Å². The minimum Gasteiger partial charge on any atom is -0.480 e. The Hall–Kier alpha value is -3.55. The van der Waals surface area contributed by atoms with Gasteiger partial charge in [0.1, 0.15) is 12.6 Å². The first-order chi connectivity index (χ1) is 14.4. The molecule has 0 aromatic heterocycles. The topological polar surface area (TPSA) is 129 Å². The molecule has 1 unspecified atom stereocenters. The Bertz CT molecular complexity index is 901. The monoisotopic (exact) mass is 410 g/mol. The lowest BCUT2D eigenvalue weighted by molar-refractivity contribution is -0.142. The van der Waals surface area contributed by atoms with E-state index in [4.69, 9.17) is 15.9 Å². The van der Waals surface area contributed by atoms with Crippen LogP contribution in [-0.4, -0.2) is 54.3 Å². The Labute approximate surface area is 175 Å². The summed E-state index contributed by atoms with van der Waals surface area (Å²) in [6.45, 7) is 0.493. The Morgan fingerprint density at radius 2 is 1.73 bits per heavy atom. The molecular weight excluding hydrogens is 384 g/mol. The summed E-state index contributed by atoms with van der Waals surface area (Å²) in [6, 6.07) is 15.0. The highest BCUT2D eigenvalue weighted by atomic mass is 16.6. The number of likely N-dealkylation sites (N-methyl/N-ethyl adjacent to an activating group) is 1. The number of benzene rings is 2. The van der Waals surface area contributed by atoms with Crippen LogP contribution in [0.4, 0.5) is 4.79 Å². The predicted octanol–water partition coefficient (Wildman–Crippen LogP) is 2.58. The standard InChI is InChI=1S/C22H26N4O4/c1-26(19(20(27)28)11-6-12-25-21(23)24)22(29)30-13-18-16-9-4-2-7-14(16)15-8-3-5-10-17(15)18/h2-5,7-10,18-19H,6,11-13H2,1H3,(H,27,28)(H4,23,24,25). The van der Waals surface area contributed by atoms with E-state index >= 15 is 0 Å². The van der Waals surface area contributed by atoms with Crippen molar-refractivity contribution in [1.82, 2.24) is 10.2 Å². The van der Waals surface area contributed by atoms with Crippen LogP contribution < -0.4 is 11.1 Å².